The number of aromatic nitrogens is 3. The van der Waals surface area contributed by atoms with Crippen molar-refractivity contribution >= 4 is 23.2 Å². The van der Waals surface area contributed by atoms with Crippen LogP contribution in [0.15, 0.2) is 18.6 Å². The second-order valence-corrected chi connectivity index (χ2v) is 5.52. The number of nitrogen functional groups attached to an aromatic ring is 1. The number of anilines is 2. The molecule has 0 spiro atoms. The van der Waals surface area contributed by atoms with Crippen molar-refractivity contribution in [1.82, 2.24) is 19.7 Å². The Labute approximate surface area is 123 Å². The molecule has 1 aliphatic heterocycles. The molecule has 3 N–H and O–H groups in total. The first-order valence-electron chi connectivity index (χ1n) is 7.22. The van der Waals surface area contributed by atoms with Crippen molar-refractivity contribution in [3.05, 3.63) is 18.6 Å². The first kappa shape index (κ1) is 13.7. The molecule has 0 bridgehead atoms. The van der Waals surface area contributed by atoms with Crippen LogP contribution in [0.2, 0.25) is 0 Å². The average Bonchev–Trinajstić information content (AvgIpc) is 2.93. The third-order valence-electron chi connectivity index (χ3n) is 3.93. The number of carbonyl (C=O) groups excluding carboxylic acids is 1. The highest BCUT2D eigenvalue weighted by atomic mass is 16.1. The summed E-state index contributed by atoms with van der Waals surface area (Å²) in [4.78, 5) is 22.0. The summed E-state index contributed by atoms with van der Waals surface area (Å²) < 4.78 is 1.90. The van der Waals surface area contributed by atoms with Gasteiger partial charge in [0, 0.05) is 39.0 Å². The highest BCUT2D eigenvalue weighted by molar-refractivity contribution is 5.72. The van der Waals surface area contributed by atoms with Crippen LogP contribution in [0.4, 0.5) is 11.6 Å². The average molecular weight is 288 g/mol. The number of nitrogens with two attached hydrogens (primary N) is 1. The van der Waals surface area contributed by atoms with Gasteiger partial charge in [0.1, 0.15) is 5.82 Å². The quantitative estimate of drug-likeness (QED) is 0.866. The fourth-order valence-electron chi connectivity index (χ4n) is 2.78. The topological polar surface area (TPSA) is 88.5 Å². The minimum atomic E-state index is 0.0361. The number of hydrogen-bond acceptors (Lipinski definition) is 5. The lowest BCUT2D eigenvalue weighted by atomic mass is 9.97. The van der Waals surface area contributed by atoms with Crippen molar-refractivity contribution in [2.75, 3.05) is 30.3 Å². The predicted octanol–water partition coefficient (Wildman–Crippen LogP) is 0.664. The van der Waals surface area contributed by atoms with E-state index in [1.54, 1.807) is 19.3 Å². The van der Waals surface area contributed by atoms with Crippen LogP contribution in [0, 0.1) is 5.92 Å². The second-order valence-electron chi connectivity index (χ2n) is 5.52. The third kappa shape index (κ3) is 2.91. The molecule has 21 heavy (non-hydrogen) atoms. The number of piperidine rings is 1. The monoisotopic (exact) mass is 288 g/mol. The summed E-state index contributed by atoms with van der Waals surface area (Å²) >= 11 is 0. The van der Waals surface area contributed by atoms with Crippen molar-refractivity contribution in [3.8, 4) is 0 Å². The molecule has 0 aliphatic carbocycles. The van der Waals surface area contributed by atoms with E-state index < -0.39 is 0 Å². The Balaban J connectivity index is 1.71. The summed E-state index contributed by atoms with van der Waals surface area (Å²) in [5, 5.41) is 2.89. The number of amides is 1. The molecule has 1 amide bonds. The molecule has 0 unspecified atom stereocenters. The molecule has 1 fully saturated rings. The molecule has 1 saturated heterocycles. The second kappa shape index (κ2) is 5.59. The third-order valence-corrected chi connectivity index (χ3v) is 3.93. The number of rotatable bonds is 3. The highest BCUT2D eigenvalue weighted by Crippen LogP contribution is 2.25. The number of carbonyl (C=O) groups is 1. The van der Waals surface area contributed by atoms with Crippen molar-refractivity contribution in [1.29, 1.82) is 0 Å². The molecule has 3 rings (SSSR count). The van der Waals surface area contributed by atoms with Crippen molar-refractivity contribution < 1.29 is 4.79 Å². The zero-order chi connectivity index (χ0) is 14.8. The molecule has 0 atom stereocenters. The van der Waals surface area contributed by atoms with Gasteiger partial charge in [-0.2, -0.15) is 0 Å². The van der Waals surface area contributed by atoms with Crippen LogP contribution in [-0.2, 0) is 4.79 Å². The molecule has 3 heterocycles. The van der Waals surface area contributed by atoms with Gasteiger partial charge in [-0.15, -0.1) is 0 Å². The maximum absolute atomic E-state index is 11.0. The molecule has 112 valence electrons. The predicted molar refractivity (Wildman–Crippen MR) is 81.0 cm³/mol. The Kier molecular flexibility index (Phi) is 3.64. The molecule has 7 heteroatoms. The van der Waals surface area contributed by atoms with E-state index in [9.17, 15) is 4.79 Å². The molecule has 0 saturated carbocycles. The van der Waals surface area contributed by atoms with E-state index in [0.29, 0.717) is 11.7 Å². The van der Waals surface area contributed by atoms with Crippen LogP contribution < -0.4 is 16.0 Å². The van der Waals surface area contributed by atoms with Crippen molar-refractivity contribution in [3.63, 3.8) is 0 Å². The standard InChI is InChI=1S/C14H20N6O/c1-10(21)17-8-11-2-5-19(6-3-11)14-13-16-4-7-20(13)9-12(15)18-14/h4,7,9,11H,2-3,5-6,8,15H2,1H3,(H,17,21). The zero-order valence-electron chi connectivity index (χ0n) is 12.1. The number of nitrogens with one attached hydrogen (secondary N) is 1. The molecule has 0 radical (unpaired) electrons. The van der Waals surface area contributed by atoms with Crippen molar-refractivity contribution in [2.24, 2.45) is 5.92 Å². The Hall–Kier alpha value is -2.31. The Morgan fingerprint density at radius 3 is 2.95 bits per heavy atom. The summed E-state index contributed by atoms with van der Waals surface area (Å²) in [6.45, 7) is 4.12. The largest absolute Gasteiger partial charge is 0.382 e. The molecular formula is C14H20N6O. The van der Waals surface area contributed by atoms with Gasteiger partial charge in [0.2, 0.25) is 5.91 Å². The maximum Gasteiger partial charge on any atom is 0.216 e. The fraction of sp³-hybridized carbons (Fsp3) is 0.500. The Bertz CT molecular complexity index is 644. The van der Waals surface area contributed by atoms with E-state index >= 15 is 0 Å². The normalized spacial score (nSPS) is 16.3. The molecule has 2 aromatic rings. The number of fused-ring (bicyclic) bond motifs is 1. The van der Waals surface area contributed by atoms with Gasteiger partial charge in [0.05, 0.1) is 6.20 Å². The first-order valence-corrected chi connectivity index (χ1v) is 7.22. The van der Waals surface area contributed by atoms with Gasteiger partial charge in [-0.25, -0.2) is 9.97 Å². The van der Waals surface area contributed by atoms with E-state index in [1.165, 1.54) is 0 Å². The van der Waals surface area contributed by atoms with Crippen LogP contribution in [0.3, 0.4) is 0 Å². The van der Waals surface area contributed by atoms with Gasteiger partial charge < -0.3 is 20.4 Å². The van der Waals surface area contributed by atoms with Crippen LogP contribution in [-0.4, -0.2) is 39.9 Å². The molecular weight excluding hydrogens is 268 g/mol. The van der Waals surface area contributed by atoms with Crippen LogP contribution >= 0.6 is 0 Å². The van der Waals surface area contributed by atoms with E-state index in [-0.39, 0.29) is 5.91 Å². The lowest BCUT2D eigenvalue weighted by Gasteiger charge is -2.32. The van der Waals surface area contributed by atoms with Gasteiger partial charge in [0.25, 0.3) is 0 Å². The van der Waals surface area contributed by atoms with Gasteiger partial charge in [-0.3, -0.25) is 4.79 Å². The van der Waals surface area contributed by atoms with Crippen molar-refractivity contribution in [2.45, 2.75) is 19.8 Å². The summed E-state index contributed by atoms with van der Waals surface area (Å²) in [6, 6.07) is 0. The minimum Gasteiger partial charge on any atom is -0.382 e. The lowest BCUT2D eigenvalue weighted by Crippen LogP contribution is -2.38. The zero-order valence-corrected chi connectivity index (χ0v) is 12.1. The highest BCUT2D eigenvalue weighted by Gasteiger charge is 2.22. The van der Waals surface area contributed by atoms with Crippen LogP contribution in [0.25, 0.3) is 5.65 Å². The number of imidazole rings is 1. The summed E-state index contributed by atoms with van der Waals surface area (Å²) in [5.74, 6) is 1.91. The van der Waals surface area contributed by atoms with E-state index in [4.69, 9.17) is 5.73 Å². The maximum atomic E-state index is 11.0. The van der Waals surface area contributed by atoms with Gasteiger partial charge in [0.15, 0.2) is 11.5 Å². The Morgan fingerprint density at radius 1 is 1.48 bits per heavy atom. The summed E-state index contributed by atoms with van der Waals surface area (Å²) in [6.07, 6.45) is 7.46. The lowest BCUT2D eigenvalue weighted by molar-refractivity contribution is -0.119. The number of hydrogen-bond donors (Lipinski definition) is 2. The molecule has 7 nitrogen and oxygen atoms in total. The van der Waals surface area contributed by atoms with E-state index in [0.717, 1.165) is 43.9 Å². The fourth-order valence-corrected chi connectivity index (χ4v) is 2.78. The van der Waals surface area contributed by atoms with Crippen LogP contribution in [0.5, 0.6) is 0 Å². The smallest absolute Gasteiger partial charge is 0.216 e. The summed E-state index contributed by atoms with van der Waals surface area (Å²) in [7, 11) is 0. The SMILES string of the molecule is CC(=O)NCC1CCN(c2nc(N)cn3ccnc23)CC1. The molecule has 0 aromatic carbocycles. The number of nitrogens with zero attached hydrogens (tertiary/aromatic N) is 4. The Morgan fingerprint density at radius 2 is 2.24 bits per heavy atom. The van der Waals surface area contributed by atoms with E-state index in [2.05, 4.69) is 20.2 Å². The minimum absolute atomic E-state index is 0.0361. The first-order chi connectivity index (χ1) is 10.1. The van der Waals surface area contributed by atoms with Gasteiger partial charge in [-0.05, 0) is 18.8 Å². The van der Waals surface area contributed by atoms with Gasteiger partial charge in [-0.1, -0.05) is 0 Å². The van der Waals surface area contributed by atoms with E-state index in [1.807, 2.05) is 10.6 Å². The molecule has 2 aromatic heterocycles. The summed E-state index contributed by atoms with van der Waals surface area (Å²) in [5.41, 5.74) is 6.70. The van der Waals surface area contributed by atoms with Gasteiger partial charge >= 0.3 is 0 Å². The molecule has 1 aliphatic rings. The van der Waals surface area contributed by atoms with Crippen LogP contribution in [0.1, 0.15) is 19.8 Å².